The summed E-state index contributed by atoms with van der Waals surface area (Å²) in [5.74, 6) is 0.256. The van der Waals surface area contributed by atoms with Crippen LogP contribution in [0, 0.1) is 0 Å². The molecule has 2 heterocycles. The Morgan fingerprint density at radius 2 is 1.75 bits per heavy atom. The lowest BCUT2D eigenvalue weighted by atomic mass is 10.2. The fourth-order valence-electron chi connectivity index (χ4n) is 2.83. The molecule has 0 aliphatic heterocycles. The number of carbonyl (C=O) groups excluding carboxylic acids is 1. The van der Waals surface area contributed by atoms with E-state index in [2.05, 4.69) is 25.6 Å². The van der Waals surface area contributed by atoms with Crippen LogP contribution in [0.1, 0.15) is 5.56 Å². The van der Waals surface area contributed by atoms with Crippen LogP contribution >= 0.6 is 24.0 Å². The monoisotopic (exact) mass is 483 g/mol. The third kappa shape index (κ3) is 4.68. The number of hydrogen-bond donors (Lipinski definition) is 3. The number of carbonyl (C=O) groups is 1. The summed E-state index contributed by atoms with van der Waals surface area (Å²) in [5.41, 5.74) is 6.78. The van der Waals surface area contributed by atoms with Gasteiger partial charge in [-0.2, -0.15) is 13.2 Å². The van der Waals surface area contributed by atoms with Gasteiger partial charge in [0, 0.05) is 11.4 Å². The summed E-state index contributed by atoms with van der Waals surface area (Å²) < 4.78 is 40.3. The van der Waals surface area contributed by atoms with Crippen molar-refractivity contribution in [3.63, 3.8) is 0 Å². The highest BCUT2D eigenvalue weighted by atomic mass is 35.5. The SMILES string of the molecule is Cl.Nc1ncnc2c1ncn2-c1ccc(NC(=O)Nc2cc(C(F)(F)F)ccc2Cl)cc1. The standard InChI is InChI=1S/C19H13ClF3N7O.ClH/c20-13-6-1-10(19(21,22)23)7-14(13)29-18(31)28-11-2-4-12(5-3-11)30-9-27-15-16(24)25-8-26-17(15)30;/h1-9H,(H2,24,25,26)(H2,28,29,31);1H. The first kappa shape index (κ1) is 23.1. The number of anilines is 3. The van der Waals surface area contributed by atoms with E-state index in [-0.39, 0.29) is 28.9 Å². The van der Waals surface area contributed by atoms with Crippen LogP contribution in [0.15, 0.2) is 55.1 Å². The lowest BCUT2D eigenvalue weighted by molar-refractivity contribution is -0.137. The second-order valence-electron chi connectivity index (χ2n) is 6.36. The summed E-state index contributed by atoms with van der Waals surface area (Å²) in [6.07, 6.45) is -1.68. The summed E-state index contributed by atoms with van der Waals surface area (Å²) in [6.45, 7) is 0. The van der Waals surface area contributed by atoms with Crippen molar-refractivity contribution < 1.29 is 18.0 Å². The number of nitrogens with two attached hydrogens (primary N) is 1. The number of benzene rings is 2. The fourth-order valence-corrected chi connectivity index (χ4v) is 2.99. The smallest absolute Gasteiger partial charge is 0.382 e. The number of nitrogens with zero attached hydrogens (tertiary/aromatic N) is 4. The Bertz CT molecular complexity index is 1280. The van der Waals surface area contributed by atoms with Gasteiger partial charge in [-0.05, 0) is 42.5 Å². The number of hydrogen-bond acceptors (Lipinski definition) is 5. The number of aromatic nitrogens is 4. The molecule has 32 heavy (non-hydrogen) atoms. The number of alkyl halides is 3. The molecule has 0 saturated carbocycles. The predicted octanol–water partition coefficient (Wildman–Crippen LogP) is 5.14. The lowest BCUT2D eigenvalue weighted by Crippen LogP contribution is -2.20. The summed E-state index contributed by atoms with van der Waals surface area (Å²) in [5, 5.41) is 4.83. The van der Waals surface area contributed by atoms with Gasteiger partial charge >= 0.3 is 12.2 Å². The van der Waals surface area contributed by atoms with Gasteiger partial charge in [-0.25, -0.2) is 19.7 Å². The van der Waals surface area contributed by atoms with Crippen molar-refractivity contribution in [2.75, 3.05) is 16.4 Å². The molecule has 2 aromatic carbocycles. The van der Waals surface area contributed by atoms with Crippen LogP contribution in [-0.2, 0) is 6.18 Å². The minimum absolute atomic E-state index is 0. The molecule has 0 bridgehead atoms. The van der Waals surface area contributed by atoms with Gasteiger partial charge in [0.15, 0.2) is 17.0 Å². The normalized spacial score (nSPS) is 11.1. The maximum atomic E-state index is 12.9. The molecular formula is C19H14Cl2F3N7O. The number of amides is 2. The summed E-state index contributed by atoms with van der Waals surface area (Å²) in [4.78, 5) is 24.4. The van der Waals surface area contributed by atoms with Crippen molar-refractivity contribution >= 4 is 58.4 Å². The summed E-state index contributed by atoms with van der Waals surface area (Å²) in [6, 6.07) is 8.55. The highest BCUT2D eigenvalue weighted by molar-refractivity contribution is 6.33. The summed E-state index contributed by atoms with van der Waals surface area (Å²) in [7, 11) is 0. The molecule has 0 fully saturated rings. The molecule has 2 amide bonds. The molecule has 13 heteroatoms. The maximum absolute atomic E-state index is 12.9. The van der Waals surface area contributed by atoms with E-state index in [1.54, 1.807) is 35.2 Å². The maximum Gasteiger partial charge on any atom is 0.416 e. The lowest BCUT2D eigenvalue weighted by Gasteiger charge is -2.12. The van der Waals surface area contributed by atoms with Gasteiger partial charge in [0.2, 0.25) is 0 Å². The third-order valence-corrected chi connectivity index (χ3v) is 4.64. The van der Waals surface area contributed by atoms with E-state index < -0.39 is 17.8 Å². The van der Waals surface area contributed by atoms with E-state index in [0.29, 0.717) is 22.5 Å². The topological polar surface area (TPSA) is 111 Å². The Kier molecular flexibility index (Phi) is 6.42. The van der Waals surface area contributed by atoms with Crippen LogP contribution in [0.3, 0.4) is 0 Å². The van der Waals surface area contributed by atoms with Gasteiger partial charge < -0.3 is 16.4 Å². The Morgan fingerprint density at radius 3 is 2.44 bits per heavy atom. The van der Waals surface area contributed by atoms with E-state index in [4.69, 9.17) is 17.3 Å². The second kappa shape index (κ2) is 8.89. The second-order valence-corrected chi connectivity index (χ2v) is 6.77. The van der Waals surface area contributed by atoms with Crippen molar-refractivity contribution in [1.82, 2.24) is 19.5 Å². The molecule has 0 spiro atoms. The van der Waals surface area contributed by atoms with Gasteiger partial charge in [-0.3, -0.25) is 4.57 Å². The van der Waals surface area contributed by atoms with Crippen molar-refractivity contribution in [1.29, 1.82) is 0 Å². The van der Waals surface area contributed by atoms with Gasteiger partial charge in [0.05, 0.1) is 16.3 Å². The molecule has 4 N–H and O–H groups in total. The highest BCUT2D eigenvalue weighted by Crippen LogP contribution is 2.33. The zero-order valence-corrected chi connectivity index (χ0v) is 17.5. The first-order valence-electron chi connectivity index (χ1n) is 8.71. The van der Waals surface area contributed by atoms with E-state index in [9.17, 15) is 18.0 Å². The van der Waals surface area contributed by atoms with Crippen LogP contribution in [0.5, 0.6) is 0 Å². The molecule has 0 radical (unpaired) electrons. The molecule has 0 saturated heterocycles. The number of imidazole rings is 1. The number of nitrogens with one attached hydrogen (secondary N) is 2. The molecule has 0 aliphatic carbocycles. The quantitative estimate of drug-likeness (QED) is 0.373. The van der Waals surface area contributed by atoms with Gasteiger partial charge in [0.1, 0.15) is 12.7 Å². The van der Waals surface area contributed by atoms with Crippen LogP contribution < -0.4 is 16.4 Å². The third-order valence-electron chi connectivity index (χ3n) is 4.31. The number of rotatable bonds is 3. The molecule has 2 aromatic heterocycles. The number of halogens is 5. The molecule has 0 atom stereocenters. The van der Waals surface area contributed by atoms with E-state index in [1.807, 2.05) is 0 Å². The molecule has 8 nitrogen and oxygen atoms in total. The van der Waals surface area contributed by atoms with E-state index in [1.165, 1.54) is 6.33 Å². The largest absolute Gasteiger partial charge is 0.416 e. The Morgan fingerprint density at radius 1 is 1.03 bits per heavy atom. The number of urea groups is 1. The van der Waals surface area contributed by atoms with Gasteiger partial charge in [0.25, 0.3) is 0 Å². The van der Waals surface area contributed by atoms with Gasteiger partial charge in [-0.15, -0.1) is 12.4 Å². The Labute approximate surface area is 190 Å². The first-order chi connectivity index (χ1) is 14.7. The zero-order valence-electron chi connectivity index (χ0n) is 15.9. The van der Waals surface area contributed by atoms with Crippen LogP contribution in [0.2, 0.25) is 5.02 Å². The van der Waals surface area contributed by atoms with Crippen LogP contribution in [0.25, 0.3) is 16.9 Å². The minimum atomic E-state index is -4.56. The number of fused-ring (bicyclic) bond motifs is 1. The zero-order chi connectivity index (χ0) is 22.2. The Hall–Kier alpha value is -3.57. The average molecular weight is 484 g/mol. The fraction of sp³-hybridized carbons (Fsp3) is 0.0526. The van der Waals surface area contributed by atoms with Gasteiger partial charge in [-0.1, -0.05) is 11.6 Å². The van der Waals surface area contributed by atoms with E-state index >= 15 is 0 Å². The van der Waals surface area contributed by atoms with Crippen molar-refractivity contribution in [3.8, 4) is 5.69 Å². The van der Waals surface area contributed by atoms with Crippen molar-refractivity contribution in [3.05, 3.63) is 65.7 Å². The minimum Gasteiger partial charge on any atom is -0.382 e. The predicted molar refractivity (Wildman–Crippen MR) is 117 cm³/mol. The molecule has 0 unspecified atom stereocenters. The molecule has 4 aromatic rings. The van der Waals surface area contributed by atoms with E-state index in [0.717, 1.165) is 18.2 Å². The van der Waals surface area contributed by atoms with Crippen LogP contribution in [-0.4, -0.2) is 25.6 Å². The average Bonchev–Trinajstić information content (AvgIpc) is 3.15. The molecule has 166 valence electrons. The molecular weight excluding hydrogens is 470 g/mol. The molecule has 0 aliphatic rings. The molecule has 4 rings (SSSR count). The number of nitrogen functional groups attached to an aromatic ring is 1. The first-order valence-corrected chi connectivity index (χ1v) is 9.09. The summed E-state index contributed by atoms with van der Waals surface area (Å²) >= 11 is 5.89. The van der Waals surface area contributed by atoms with Crippen molar-refractivity contribution in [2.45, 2.75) is 6.18 Å². The Balaban J connectivity index is 0.00000289. The van der Waals surface area contributed by atoms with Crippen molar-refractivity contribution in [2.24, 2.45) is 0 Å². The van der Waals surface area contributed by atoms with Crippen LogP contribution in [0.4, 0.5) is 35.2 Å². The highest BCUT2D eigenvalue weighted by Gasteiger charge is 2.31.